The van der Waals surface area contributed by atoms with Crippen LogP contribution in [0.3, 0.4) is 0 Å². The van der Waals surface area contributed by atoms with Gasteiger partial charge in [0.15, 0.2) is 0 Å². The number of carbonyl (C=O) groups excluding carboxylic acids is 2. The molecule has 1 aromatic rings. The molecule has 0 aromatic heterocycles. The number of benzene rings is 1. The van der Waals surface area contributed by atoms with E-state index < -0.39 is 11.8 Å². The summed E-state index contributed by atoms with van der Waals surface area (Å²) in [5, 5.41) is 0. The van der Waals surface area contributed by atoms with Crippen LogP contribution in [0, 0.1) is 0 Å². The largest absolute Gasteiger partial charge is 0.460 e. The van der Waals surface area contributed by atoms with Crippen molar-refractivity contribution in [1.29, 1.82) is 0 Å². The highest BCUT2D eigenvalue weighted by Gasteiger charge is 2.16. The van der Waals surface area contributed by atoms with Crippen LogP contribution < -0.4 is 0 Å². The van der Waals surface area contributed by atoms with Crippen molar-refractivity contribution in [3.05, 3.63) is 35.9 Å². The second kappa shape index (κ2) is 7.57. The minimum atomic E-state index is -0.798. The van der Waals surface area contributed by atoms with Crippen LogP contribution in [-0.4, -0.2) is 32.1 Å². The highest BCUT2D eigenvalue weighted by molar-refractivity contribution is 6.40. The molecule has 0 unspecified atom stereocenters. The summed E-state index contributed by atoms with van der Waals surface area (Å²) in [7, 11) is 1.62. The Bertz CT molecular complexity index is 359. The minimum Gasteiger partial charge on any atom is -0.460 e. The van der Waals surface area contributed by atoms with Gasteiger partial charge in [-0.3, -0.25) is 4.79 Å². The molecular formula is C13H16O4. The van der Waals surface area contributed by atoms with Gasteiger partial charge in [0.25, 0.3) is 5.78 Å². The normalized spacial score (nSPS) is 9.94. The number of ether oxygens (including phenoxy) is 2. The Hall–Kier alpha value is -1.68. The van der Waals surface area contributed by atoms with Crippen molar-refractivity contribution in [2.24, 2.45) is 0 Å². The Morgan fingerprint density at radius 1 is 1.06 bits per heavy atom. The molecule has 0 saturated carbocycles. The molecule has 0 spiro atoms. The van der Waals surface area contributed by atoms with Crippen molar-refractivity contribution < 1.29 is 19.1 Å². The molecule has 0 heterocycles. The Kier molecular flexibility index (Phi) is 5.96. The summed E-state index contributed by atoms with van der Waals surface area (Å²) in [6.07, 6.45) is 1.50. The Morgan fingerprint density at radius 2 is 1.71 bits per heavy atom. The molecule has 0 aliphatic carbocycles. The SMILES string of the molecule is COCCCCOC(=O)C(=O)c1ccccc1. The second-order valence-electron chi connectivity index (χ2n) is 3.53. The predicted molar refractivity (Wildman–Crippen MR) is 62.8 cm³/mol. The van der Waals surface area contributed by atoms with Crippen LogP contribution in [0.2, 0.25) is 0 Å². The van der Waals surface area contributed by atoms with Gasteiger partial charge in [0.1, 0.15) is 0 Å². The smallest absolute Gasteiger partial charge is 0.379 e. The molecule has 4 nitrogen and oxygen atoms in total. The van der Waals surface area contributed by atoms with Crippen molar-refractivity contribution in [2.45, 2.75) is 12.8 Å². The van der Waals surface area contributed by atoms with E-state index in [1.165, 1.54) is 0 Å². The molecule has 0 atom stereocenters. The van der Waals surface area contributed by atoms with Crippen LogP contribution in [0.5, 0.6) is 0 Å². The summed E-state index contributed by atoms with van der Waals surface area (Å²) in [4.78, 5) is 22.9. The predicted octanol–water partition coefficient (Wildman–Crippen LogP) is 1.84. The number of methoxy groups -OCH3 is 1. The van der Waals surface area contributed by atoms with Crippen LogP contribution in [0.25, 0.3) is 0 Å². The van der Waals surface area contributed by atoms with Crippen LogP contribution in [-0.2, 0) is 14.3 Å². The zero-order valence-electron chi connectivity index (χ0n) is 9.85. The number of unbranched alkanes of at least 4 members (excludes halogenated alkanes) is 1. The highest BCUT2D eigenvalue weighted by atomic mass is 16.5. The van der Waals surface area contributed by atoms with E-state index >= 15 is 0 Å². The molecule has 92 valence electrons. The third kappa shape index (κ3) is 4.78. The number of Topliss-reactive ketones (excluding diaryl/α,β-unsaturated/α-hetero) is 1. The Labute approximate surface area is 101 Å². The van der Waals surface area contributed by atoms with E-state index in [1.807, 2.05) is 0 Å². The molecule has 0 radical (unpaired) electrons. The standard InChI is InChI=1S/C13H16O4/c1-16-9-5-6-10-17-13(15)12(14)11-7-3-2-4-8-11/h2-4,7-8H,5-6,9-10H2,1H3. The molecule has 0 N–H and O–H groups in total. The Morgan fingerprint density at radius 3 is 2.35 bits per heavy atom. The molecule has 0 saturated heterocycles. The van der Waals surface area contributed by atoms with E-state index in [0.29, 0.717) is 18.6 Å². The fourth-order valence-corrected chi connectivity index (χ4v) is 1.29. The average molecular weight is 236 g/mol. The van der Waals surface area contributed by atoms with Crippen LogP contribution >= 0.6 is 0 Å². The first-order chi connectivity index (χ1) is 8.25. The maximum atomic E-state index is 11.6. The van der Waals surface area contributed by atoms with E-state index in [0.717, 1.165) is 6.42 Å². The van der Waals surface area contributed by atoms with Crippen LogP contribution in [0.4, 0.5) is 0 Å². The molecule has 0 aliphatic rings. The fourth-order valence-electron chi connectivity index (χ4n) is 1.29. The quantitative estimate of drug-likeness (QED) is 0.314. The Balaban J connectivity index is 2.31. The number of hydrogen-bond donors (Lipinski definition) is 0. The lowest BCUT2D eigenvalue weighted by Crippen LogP contribution is -2.18. The van der Waals surface area contributed by atoms with Gasteiger partial charge in [-0.2, -0.15) is 0 Å². The molecule has 1 aromatic carbocycles. The summed E-state index contributed by atoms with van der Waals surface area (Å²) in [6, 6.07) is 8.38. The van der Waals surface area contributed by atoms with Gasteiger partial charge in [-0.1, -0.05) is 30.3 Å². The van der Waals surface area contributed by atoms with Crippen molar-refractivity contribution in [3.63, 3.8) is 0 Å². The highest BCUT2D eigenvalue weighted by Crippen LogP contribution is 2.02. The lowest BCUT2D eigenvalue weighted by molar-refractivity contribution is -0.138. The van der Waals surface area contributed by atoms with Gasteiger partial charge in [0.05, 0.1) is 6.61 Å². The zero-order valence-corrected chi connectivity index (χ0v) is 9.85. The molecule has 0 fully saturated rings. The first-order valence-electron chi connectivity index (χ1n) is 5.51. The van der Waals surface area contributed by atoms with E-state index in [1.54, 1.807) is 37.4 Å². The number of carbonyl (C=O) groups is 2. The molecule has 0 amide bonds. The van der Waals surface area contributed by atoms with Gasteiger partial charge in [0, 0.05) is 19.3 Å². The van der Waals surface area contributed by atoms with Gasteiger partial charge < -0.3 is 9.47 Å². The van der Waals surface area contributed by atoms with Crippen molar-refractivity contribution >= 4 is 11.8 Å². The number of rotatable bonds is 7. The van der Waals surface area contributed by atoms with Crippen molar-refractivity contribution in [2.75, 3.05) is 20.3 Å². The van der Waals surface area contributed by atoms with Gasteiger partial charge >= 0.3 is 5.97 Å². The van der Waals surface area contributed by atoms with E-state index in [2.05, 4.69) is 0 Å². The first kappa shape index (κ1) is 13.4. The molecular weight excluding hydrogens is 220 g/mol. The fraction of sp³-hybridized carbons (Fsp3) is 0.385. The maximum Gasteiger partial charge on any atom is 0.379 e. The summed E-state index contributed by atoms with van der Waals surface area (Å²) in [6.45, 7) is 0.880. The number of hydrogen-bond acceptors (Lipinski definition) is 4. The number of ketones is 1. The van der Waals surface area contributed by atoms with Gasteiger partial charge in [-0.15, -0.1) is 0 Å². The minimum absolute atomic E-state index is 0.251. The molecule has 17 heavy (non-hydrogen) atoms. The second-order valence-corrected chi connectivity index (χ2v) is 3.53. The lowest BCUT2D eigenvalue weighted by Gasteiger charge is -2.03. The van der Waals surface area contributed by atoms with Crippen LogP contribution in [0.15, 0.2) is 30.3 Å². The average Bonchev–Trinajstić information content (AvgIpc) is 2.38. The van der Waals surface area contributed by atoms with E-state index in [9.17, 15) is 9.59 Å². The number of esters is 1. The monoisotopic (exact) mass is 236 g/mol. The summed E-state index contributed by atoms with van der Waals surface area (Å²) in [5.41, 5.74) is 0.356. The van der Waals surface area contributed by atoms with Crippen molar-refractivity contribution in [1.82, 2.24) is 0 Å². The molecule has 1 rings (SSSR count). The van der Waals surface area contributed by atoms with Gasteiger partial charge in [-0.25, -0.2) is 4.79 Å². The third-order valence-electron chi connectivity index (χ3n) is 2.20. The molecule has 0 aliphatic heterocycles. The van der Waals surface area contributed by atoms with Gasteiger partial charge in [0.2, 0.25) is 0 Å². The van der Waals surface area contributed by atoms with Crippen LogP contribution in [0.1, 0.15) is 23.2 Å². The lowest BCUT2D eigenvalue weighted by atomic mass is 10.1. The third-order valence-corrected chi connectivity index (χ3v) is 2.20. The van der Waals surface area contributed by atoms with Crippen molar-refractivity contribution in [3.8, 4) is 0 Å². The summed E-state index contributed by atoms with van der Waals surface area (Å²) >= 11 is 0. The summed E-state index contributed by atoms with van der Waals surface area (Å²) < 4.78 is 9.72. The first-order valence-corrected chi connectivity index (χ1v) is 5.51. The summed E-state index contributed by atoms with van der Waals surface area (Å²) in [5.74, 6) is -1.40. The maximum absolute atomic E-state index is 11.6. The zero-order chi connectivity index (χ0) is 12.5. The molecule has 0 bridgehead atoms. The van der Waals surface area contributed by atoms with E-state index in [-0.39, 0.29) is 6.61 Å². The van der Waals surface area contributed by atoms with E-state index in [4.69, 9.17) is 9.47 Å². The topological polar surface area (TPSA) is 52.6 Å². The van der Waals surface area contributed by atoms with Gasteiger partial charge in [-0.05, 0) is 12.8 Å². The molecule has 4 heteroatoms.